The Balaban J connectivity index is 1.32. The molecule has 1 saturated carbocycles. The second-order valence-corrected chi connectivity index (χ2v) is 7.73. The molecule has 32 heavy (non-hydrogen) atoms. The highest BCUT2D eigenvalue weighted by atomic mass is 16.5. The molecule has 0 aliphatic heterocycles. The number of hydrogen-bond donors (Lipinski definition) is 3. The van der Waals surface area contributed by atoms with Crippen molar-refractivity contribution < 1.29 is 14.3 Å². The van der Waals surface area contributed by atoms with Crippen molar-refractivity contribution in [3.8, 4) is 17.1 Å². The molecule has 164 valence electrons. The number of methoxy groups -OCH3 is 1. The van der Waals surface area contributed by atoms with E-state index in [0.717, 1.165) is 35.5 Å². The van der Waals surface area contributed by atoms with Gasteiger partial charge < -0.3 is 15.4 Å². The van der Waals surface area contributed by atoms with E-state index in [1.807, 2.05) is 42.5 Å². The Kier molecular flexibility index (Phi) is 6.30. The SMILES string of the molecule is COc1ccc(/C=C/C(=O)NC(C)C(=O)Nc2cccc(-c3n[nH]c(C4CC4)n3)c2)cc1. The van der Waals surface area contributed by atoms with Gasteiger partial charge in [-0.2, -0.15) is 5.10 Å². The Morgan fingerprint density at radius 3 is 2.69 bits per heavy atom. The molecule has 0 saturated heterocycles. The number of anilines is 1. The van der Waals surface area contributed by atoms with Crippen LogP contribution in [0.15, 0.2) is 54.6 Å². The molecule has 2 amide bonds. The summed E-state index contributed by atoms with van der Waals surface area (Å²) in [5.41, 5.74) is 2.27. The Hall–Kier alpha value is -3.94. The summed E-state index contributed by atoms with van der Waals surface area (Å²) in [4.78, 5) is 29.3. The molecule has 1 aliphatic rings. The molecule has 8 nitrogen and oxygen atoms in total. The summed E-state index contributed by atoms with van der Waals surface area (Å²) in [6.07, 6.45) is 5.36. The highest BCUT2D eigenvalue weighted by Crippen LogP contribution is 2.38. The minimum atomic E-state index is -0.711. The fourth-order valence-corrected chi connectivity index (χ4v) is 3.14. The highest BCUT2D eigenvalue weighted by molar-refractivity contribution is 6.00. The van der Waals surface area contributed by atoms with E-state index in [4.69, 9.17) is 4.74 Å². The number of rotatable bonds is 8. The maximum atomic E-state index is 12.5. The van der Waals surface area contributed by atoms with Crippen molar-refractivity contribution >= 4 is 23.6 Å². The van der Waals surface area contributed by atoms with Gasteiger partial charge >= 0.3 is 0 Å². The molecule has 1 aliphatic carbocycles. The van der Waals surface area contributed by atoms with Crippen LogP contribution in [0.1, 0.15) is 37.1 Å². The number of H-pyrrole nitrogens is 1. The van der Waals surface area contributed by atoms with Gasteiger partial charge in [-0.05, 0) is 55.7 Å². The zero-order chi connectivity index (χ0) is 22.5. The number of nitrogens with zero attached hydrogens (tertiary/aromatic N) is 2. The molecular formula is C24H25N5O3. The summed E-state index contributed by atoms with van der Waals surface area (Å²) in [5, 5.41) is 12.8. The zero-order valence-corrected chi connectivity index (χ0v) is 18.0. The first-order chi connectivity index (χ1) is 15.5. The van der Waals surface area contributed by atoms with Gasteiger partial charge in [-0.15, -0.1) is 0 Å². The monoisotopic (exact) mass is 431 g/mol. The molecule has 1 aromatic heterocycles. The number of hydrogen-bond acceptors (Lipinski definition) is 5. The molecule has 3 N–H and O–H groups in total. The average Bonchev–Trinajstić information content (AvgIpc) is 3.54. The van der Waals surface area contributed by atoms with Crippen molar-refractivity contribution in [3.05, 3.63) is 66.0 Å². The summed E-state index contributed by atoms with van der Waals surface area (Å²) in [5.74, 6) is 2.07. The van der Waals surface area contributed by atoms with Gasteiger partial charge in [0, 0.05) is 23.2 Å². The average molecular weight is 431 g/mol. The molecule has 1 heterocycles. The van der Waals surface area contributed by atoms with E-state index in [1.54, 1.807) is 26.2 Å². The maximum absolute atomic E-state index is 12.5. The predicted molar refractivity (Wildman–Crippen MR) is 122 cm³/mol. The molecule has 1 unspecified atom stereocenters. The number of carbonyl (C=O) groups is 2. The third-order valence-corrected chi connectivity index (χ3v) is 5.15. The van der Waals surface area contributed by atoms with Gasteiger partial charge in [-0.1, -0.05) is 24.3 Å². The van der Waals surface area contributed by atoms with Gasteiger partial charge in [0.2, 0.25) is 11.8 Å². The minimum absolute atomic E-state index is 0.318. The number of amides is 2. The van der Waals surface area contributed by atoms with Gasteiger partial charge in [-0.25, -0.2) is 4.98 Å². The van der Waals surface area contributed by atoms with Crippen LogP contribution < -0.4 is 15.4 Å². The molecular weight excluding hydrogens is 406 g/mol. The molecule has 1 atom stereocenters. The van der Waals surface area contributed by atoms with Crippen LogP contribution in [0.2, 0.25) is 0 Å². The molecule has 0 spiro atoms. The number of carbonyl (C=O) groups excluding carboxylic acids is 2. The lowest BCUT2D eigenvalue weighted by Gasteiger charge is -2.13. The van der Waals surface area contributed by atoms with Gasteiger partial charge in [0.25, 0.3) is 0 Å². The standard InChI is InChI=1S/C24H25N5O3/c1-15(25-21(30)13-8-16-6-11-20(32-2)12-7-16)24(31)26-19-5-3-4-18(14-19)23-27-22(28-29-23)17-9-10-17/h3-8,11-15,17H,9-10H2,1-2H3,(H,25,30)(H,26,31)(H,27,28,29)/b13-8+. The van der Waals surface area contributed by atoms with E-state index in [-0.39, 0.29) is 11.8 Å². The first kappa shape index (κ1) is 21.3. The number of nitrogens with one attached hydrogen (secondary N) is 3. The van der Waals surface area contributed by atoms with Crippen LogP contribution in [0.5, 0.6) is 5.75 Å². The van der Waals surface area contributed by atoms with Gasteiger partial charge in [0.15, 0.2) is 5.82 Å². The molecule has 0 bridgehead atoms. The van der Waals surface area contributed by atoms with Crippen molar-refractivity contribution in [1.29, 1.82) is 0 Å². The van der Waals surface area contributed by atoms with Gasteiger partial charge in [0.1, 0.15) is 17.6 Å². The fourth-order valence-electron chi connectivity index (χ4n) is 3.14. The van der Waals surface area contributed by atoms with E-state index >= 15 is 0 Å². The van der Waals surface area contributed by atoms with Crippen LogP contribution in [-0.2, 0) is 9.59 Å². The largest absolute Gasteiger partial charge is 0.497 e. The first-order valence-electron chi connectivity index (χ1n) is 10.5. The third kappa shape index (κ3) is 5.40. The van der Waals surface area contributed by atoms with Gasteiger partial charge in [0.05, 0.1) is 7.11 Å². The fraction of sp³-hybridized carbons (Fsp3) is 0.250. The topological polar surface area (TPSA) is 109 Å². The van der Waals surface area contributed by atoms with Crippen molar-refractivity contribution in [2.75, 3.05) is 12.4 Å². The lowest BCUT2D eigenvalue weighted by Crippen LogP contribution is -2.40. The number of ether oxygens (including phenoxy) is 1. The molecule has 4 rings (SSSR count). The number of aromatic nitrogens is 3. The van der Waals surface area contributed by atoms with E-state index in [9.17, 15) is 9.59 Å². The summed E-state index contributed by atoms with van der Waals surface area (Å²) in [7, 11) is 1.60. The molecule has 0 radical (unpaired) electrons. The van der Waals surface area contributed by atoms with E-state index in [0.29, 0.717) is 17.4 Å². The lowest BCUT2D eigenvalue weighted by atomic mass is 10.2. The highest BCUT2D eigenvalue weighted by Gasteiger charge is 2.27. The van der Waals surface area contributed by atoms with E-state index in [1.165, 1.54) is 6.08 Å². The van der Waals surface area contributed by atoms with Crippen molar-refractivity contribution in [3.63, 3.8) is 0 Å². The molecule has 2 aromatic carbocycles. The Morgan fingerprint density at radius 2 is 1.97 bits per heavy atom. The third-order valence-electron chi connectivity index (χ3n) is 5.15. The van der Waals surface area contributed by atoms with Crippen LogP contribution in [0.25, 0.3) is 17.5 Å². The summed E-state index contributed by atoms with van der Waals surface area (Å²) < 4.78 is 5.11. The van der Waals surface area contributed by atoms with Crippen molar-refractivity contribution in [2.45, 2.75) is 31.7 Å². The van der Waals surface area contributed by atoms with E-state index in [2.05, 4.69) is 25.8 Å². The lowest BCUT2D eigenvalue weighted by molar-refractivity contribution is -0.123. The van der Waals surface area contributed by atoms with Crippen LogP contribution in [0.3, 0.4) is 0 Å². The van der Waals surface area contributed by atoms with Crippen LogP contribution in [0, 0.1) is 0 Å². The molecule has 1 fully saturated rings. The quantitative estimate of drug-likeness (QED) is 0.473. The Bertz CT molecular complexity index is 1130. The van der Waals surface area contributed by atoms with Crippen LogP contribution in [-0.4, -0.2) is 40.1 Å². The van der Waals surface area contributed by atoms with Gasteiger partial charge in [-0.3, -0.25) is 14.7 Å². The molecule has 8 heteroatoms. The summed E-state index contributed by atoms with van der Waals surface area (Å²) >= 11 is 0. The Labute approximate surface area is 186 Å². The summed E-state index contributed by atoms with van der Waals surface area (Å²) in [6.45, 7) is 1.63. The second-order valence-electron chi connectivity index (χ2n) is 7.73. The maximum Gasteiger partial charge on any atom is 0.246 e. The number of benzene rings is 2. The van der Waals surface area contributed by atoms with Crippen molar-refractivity contribution in [2.24, 2.45) is 0 Å². The predicted octanol–water partition coefficient (Wildman–Crippen LogP) is 3.51. The van der Waals surface area contributed by atoms with Crippen LogP contribution >= 0.6 is 0 Å². The normalized spacial score (nSPS) is 14.2. The molecule has 3 aromatic rings. The second kappa shape index (κ2) is 9.47. The smallest absolute Gasteiger partial charge is 0.246 e. The number of aromatic amines is 1. The van der Waals surface area contributed by atoms with E-state index < -0.39 is 6.04 Å². The summed E-state index contributed by atoms with van der Waals surface area (Å²) in [6, 6.07) is 13.9. The minimum Gasteiger partial charge on any atom is -0.497 e. The van der Waals surface area contributed by atoms with Crippen LogP contribution in [0.4, 0.5) is 5.69 Å². The Morgan fingerprint density at radius 1 is 1.19 bits per heavy atom. The van der Waals surface area contributed by atoms with Crippen molar-refractivity contribution in [1.82, 2.24) is 20.5 Å². The zero-order valence-electron chi connectivity index (χ0n) is 18.0. The first-order valence-corrected chi connectivity index (χ1v) is 10.5.